The number of fused-ring (bicyclic) bond motifs is 1. The van der Waals surface area contributed by atoms with Crippen molar-refractivity contribution in [2.75, 3.05) is 18.9 Å². The molecule has 0 bridgehead atoms. The van der Waals surface area contributed by atoms with Crippen LogP contribution in [0.25, 0.3) is 10.1 Å². The zero-order valence-corrected chi connectivity index (χ0v) is 10.7. The Bertz CT molecular complexity index is 550. The highest BCUT2D eigenvalue weighted by atomic mass is 32.1. The van der Waals surface area contributed by atoms with Gasteiger partial charge in [-0.2, -0.15) is 0 Å². The summed E-state index contributed by atoms with van der Waals surface area (Å²) in [6.07, 6.45) is 1.33. The molecule has 0 radical (unpaired) electrons. The number of anilines is 1. The number of ether oxygens (including phenoxy) is 1. The SMILES string of the molecule is Nc1ccc2sc(C(=O)OCCCCO)cc2c1. The van der Waals surface area contributed by atoms with Crippen molar-refractivity contribution in [2.24, 2.45) is 0 Å². The molecule has 1 heterocycles. The third-order valence-corrected chi connectivity index (χ3v) is 3.62. The predicted octanol–water partition coefficient (Wildman–Crippen LogP) is 2.41. The molecule has 2 aromatic rings. The van der Waals surface area contributed by atoms with Crippen molar-refractivity contribution in [2.45, 2.75) is 12.8 Å². The van der Waals surface area contributed by atoms with Crippen molar-refractivity contribution in [3.05, 3.63) is 29.1 Å². The zero-order valence-electron chi connectivity index (χ0n) is 9.89. The summed E-state index contributed by atoms with van der Waals surface area (Å²) in [6, 6.07) is 7.35. The van der Waals surface area contributed by atoms with Crippen LogP contribution in [0.4, 0.5) is 5.69 Å². The minimum Gasteiger partial charge on any atom is -0.462 e. The molecule has 0 aliphatic heterocycles. The van der Waals surface area contributed by atoms with Crippen LogP contribution in [0.15, 0.2) is 24.3 Å². The average Bonchev–Trinajstić information content (AvgIpc) is 2.77. The number of esters is 1. The van der Waals surface area contributed by atoms with Crippen molar-refractivity contribution in [3.8, 4) is 0 Å². The monoisotopic (exact) mass is 265 g/mol. The van der Waals surface area contributed by atoms with Crippen LogP contribution in [0.1, 0.15) is 22.5 Å². The molecule has 2 rings (SSSR count). The highest BCUT2D eigenvalue weighted by Crippen LogP contribution is 2.27. The lowest BCUT2D eigenvalue weighted by Crippen LogP contribution is -2.04. The molecule has 5 heteroatoms. The Morgan fingerprint density at radius 2 is 2.17 bits per heavy atom. The van der Waals surface area contributed by atoms with Gasteiger partial charge in [-0.25, -0.2) is 4.79 Å². The highest BCUT2D eigenvalue weighted by molar-refractivity contribution is 7.20. The van der Waals surface area contributed by atoms with E-state index in [2.05, 4.69) is 0 Å². The molecular formula is C13H15NO3S. The van der Waals surface area contributed by atoms with Gasteiger partial charge in [-0.1, -0.05) is 0 Å². The van der Waals surface area contributed by atoms with Gasteiger partial charge in [-0.05, 0) is 42.5 Å². The number of unbranched alkanes of at least 4 members (excludes halogenated alkanes) is 1. The molecule has 1 aromatic carbocycles. The van der Waals surface area contributed by atoms with E-state index in [-0.39, 0.29) is 12.6 Å². The van der Waals surface area contributed by atoms with E-state index in [1.165, 1.54) is 11.3 Å². The Morgan fingerprint density at radius 1 is 1.33 bits per heavy atom. The number of nitrogens with two attached hydrogens (primary N) is 1. The van der Waals surface area contributed by atoms with Crippen molar-refractivity contribution in [3.63, 3.8) is 0 Å². The Labute approximate surface area is 109 Å². The lowest BCUT2D eigenvalue weighted by molar-refractivity contribution is 0.0498. The van der Waals surface area contributed by atoms with Crippen LogP contribution in [0.5, 0.6) is 0 Å². The van der Waals surface area contributed by atoms with Crippen LogP contribution < -0.4 is 5.73 Å². The standard InChI is InChI=1S/C13H15NO3S/c14-10-3-4-11-9(7-10)8-12(18-11)13(16)17-6-2-1-5-15/h3-4,7-8,15H,1-2,5-6,14H2. The summed E-state index contributed by atoms with van der Waals surface area (Å²) in [5.41, 5.74) is 6.37. The third-order valence-electron chi connectivity index (χ3n) is 2.53. The maximum absolute atomic E-state index is 11.8. The molecular weight excluding hydrogens is 250 g/mol. The van der Waals surface area contributed by atoms with Crippen LogP contribution in [-0.2, 0) is 4.74 Å². The number of aliphatic hydroxyl groups excluding tert-OH is 1. The first-order valence-electron chi connectivity index (χ1n) is 5.78. The molecule has 0 unspecified atom stereocenters. The topological polar surface area (TPSA) is 72.6 Å². The Morgan fingerprint density at radius 3 is 2.94 bits per heavy atom. The summed E-state index contributed by atoms with van der Waals surface area (Å²) in [7, 11) is 0. The normalized spacial score (nSPS) is 10.7. The van der Waals surface area contributed by atoms with Crippen molar-refractivity contribution in [1.82, 2.24) is 0 Å². The lowest BCUT2D eigenvalue weighted by Gasteiger charge is -2.01. The van der Waals surface area contributed by atoms with Crippen LogP contribution >= 0.6 is 11.3 Å². The van der Waals surface area contributed by atoms with Gasteiger partial charge < -0.3 is 15.6 Å². The number of thiophene rings is 1. The molecule has 0 atom stereocenters. The molecule has 18 heavy (non-hydrogen) atoms. The van der Waals surface area contributed by atoms with E-state index in [1.54, 1.807) is 6.07 Å². The highest BCUT2D eigenvalue weighted by Gasteiger charge is 2.11. The summed E-state index contributed by atoms with van der Waals surface area (Å²) in [4.78, 5) is 12.3. The van der Waals surface area contributed by atoms with Crippen molar-refractivity contribution in [1.29, 1.82) is 0 Å². The molecule has 0 fully saturated rings. The number of benzene rings is 1. The smallest absolute Gasteiger partial charge is 0.348 e. The number of carbonyl (C=O) groups is 1. The zero-order chi connectivity index (χ0) is 13.0. The fourth-order valence-electron chi connectivity index (χ4n) is 1.61. The van der Waals surface area contributed by atoms with E-state index >= 15 is 0 Å². The second-order valence-corrected chi connectivity index (χ2v) is 5.06. The molecule has 0 saturated heterocycles. The minimum atomic E-state index is -0.312. The van der Waals surface area contributed by atoms with Crippen molar-refractivity contribution >= 4 is 33.1 Å². The summed E-state index contributed by atoms with van der Waals surface area (Å²) < 4.78 is 6.14. The fourth-order valence-corrected chi connectivity index (χ4v) is 2.55. The second kappa shape index (κ2) is 5.84. The van der Waals surface area contributed by atoms with Gasteiger partial charge in [0.2, 0.25) is 0 Å². The molecule has 3 N–H and O–H groups in total. The first-order chi connectivity index (χ1) is 8.70. The predicted molar refractivity (Wildman–Crippen MR) is 72.8 cm³/mol. The summed E-state index contributed by atoms with van der Waals surface area (Å²) in [5.74, 6) is -0.312. The number of carbonyl (C=O) groups excluding carboxylic acids is 1. The van der Waals surface area contributed by atoms with Gasteiger partial charge in [0.1, 0.15) is 4.88 Å². The first kappa shape index (κ1) is 12.9. The van der Waals surface area contributed by atoms with E-state index in [0.717, 1.165) is 10.1 Å². The van der Waals surface area contributed by atoms with Crippen LogP contribution in [0.3, 0.4) is 0 Å². The fraction of sp³-hybridized carbons (Fsp3) is 0.308. The molecule has 0 aliphatic rings. The van der Waals surface area contributed by atoms with Crippen LogP contribution in [0, 0.1) is 0 Å². The van der Waals surface area contributed by atoms with Gasteiger partial charge in [0.25, 0.3) is 0 Å². The summed E-state index contributed by atoms with van der Waals surface area (Å²) >= 11 is 1.40. The molecule has 0 aliphatic carbocycles. The van der Waals surface area contributed by atoms with Gasteiger partial charge in [0.05, 0.1) is 6.61 Å². The Hall–Kier alpha value is -1.59. The van der Waals surface area contributed by atoms with E-state index in [4.69, 9.17) is 15.6 Å². The van der Waals surface area contributed by atoms with Gasteiger partial charge in [0, 0.05) is 17.0 Å². The maximum Gasteiger partial charge on any atom is 0.348 e. The van der Waals surface area contributed by atoms with Gasteiger partial charge in [0.15, 0.2) is 0 Å². The molecule has 0 saturated carbocycles. The number of hydrogen-bond donors (Lipinski definition) is 2. The molecule has 0 amide bonds. The summed E-state index contributed by atoms with van der Waals surface area (Å²) in [5, 5.41) is 9.58. The second-order valence-electron chi connectivity index (χ2n) is 3.97. The van der Waals surface area contributed by atoms with Crippen LogP contribution in [-0.4, -0.2) is 24.3 Å². The number of hydrogen-bond acceptors (Lipinski definition) is 5. The lowest BCUT2D eigenvalue weighted by atomic mass is 10.2. The molecule has 4 nitrogen and oxygen atoms in total. The van der Waals surface area contributed by atoms with Gasteiger partial charge in [-0.15, -0.1) is 11.3 Å². The van der Waals surface area contributed by atoms with Crippen LogP contribution in [0.2, 0.25) is 0 Å². The third kappa shape index (κ3) is 3.00. The number of nitrogen functional groups attached to an aromatic ring is 1. The molecule has 1 aromatic heterocycles. The number of aliphatic hydroxyl groups is 1. The van der Waals surface area contributed by atoms with Gasteiger partial charge in [-0.3, -0.25) is 0 Å². The van der Waals surface area contributed by atoms with E-state index in [0.29, 0.717) is 30.0 Å². The van der Waals surface area contributed by atoms with E-state index in [9.17, 15) is 4.79 Å². The minimum absolute atomic E-state index is 0.125. The van der Waals surface area contributed by atoms with E-state index in [1.807, 2.05) is 18.2 Å². The average molecular weight is 265 g/mol. The summed E-state index contributed by atoms with van der Waals surface area (Å²) in [6.45, 7) is 0.468. The quantitative estimate of drug-likeness (QED) is 0.494. The first-order valence-corrected chi connectivity index (χ1v) is 6.59. The molecule has 0 spiro atoms. The Kier molecular flexibility index (Phi) is 4.17. The molecule has 96 valence electrons. The number of rotatable bonds is 5. The maximum atomic E-state index is 11.8. The largest absolute Gasteiger partial charge is 0.462 e. The van der Waals surface area contributed by atoms with Gasteiger partial charge >= 0.3 is 5.97 Å². The van der Waals surface area contributed by atoms with E-state index < -0.39 is 0 Å². The Balaban J connectivity index is 2.04. The van der Waals surface area contributed by atoms with Crippen molar-refractivity contribution < 1.29 is 14.6 Å².